The van der Waals surface area contributed by atoms with Gasteiger partial charge in [0.2, 0.25) is 0 Å². The van der Waals surface area contributed by atoms with Crippen molar-refractivity contribution in [3.05, 3.63) is 80.5 Å². The maximum Gasteiger partial charge on any atom is 0.328 e. The van der Waals surface area contributed by atoms with Gasteiger partial charge in [0.25, 0.3) is 5.56 Å². The highest BCUT2D eigenvalue weighted by molar-refractivity contribution is 5.77. The van der Waals surface area contributed by atoms with Crippen LogP contribution in [0.5, 0.6) is 0 Å². The third kappa shape index (κ3) is 4.53. The number of likely N-dealkylation sites (tertiary alicyclic amines) is 1. The van der Waals surface area contributed by atoms with E-state index in [0.717, 1.165) is 18.5 Å². The summed E-state index contributed by atoms with van der Waals surface area (Å²) in [7, 11) is 0. The third-order valence-corrected chi connectivity index (χ3v) is 6.32. The number of aryl methyl sites for hydroxylation is 1. The molecule has 1 saturated heterocycles. The highest BCUT2D eigenvalue weighted by Crippen LogP contribution is 2.34. The highest BCUT2D eigenvalue weighted by Gasteiger charge is 2.36. The molecule has 0 saturated carbocycles. The molecule has 1 aliphatic rings. The van der Waals surface area contributed by atoms with E-state index in [0.29, 0.717) is 30.6 Å². The van der Waals surface area contributed by atoms with Crippen LogP contribution in [0.15, 0.2) is 58.1 Å². The molecule has 0 radical (unpaired) electrons. The Bertz CT molecular complexity index is 1210. The van der Waals surface area contributed by atoms with Gasteiger partial charge in [-0.3, -0.25) is 14.2 Å². The number of rotatable bonds is 6. The number of hydrogen-bond acceptors (Lipinski definition) is 5. The number of aromatic nitrogens is 2. The predicted octanol–water partition coefficient (Wildman–Crippen LogP) is 2.67. The number of fused-ring (bicyclic) bond motifs is 1. The average molecular weight is 436 g/mol. The SMILES string of the molecule is CCOC(=O)[C@@H]1CN(CCn2c(=O)[nH]c3ccccc3c2=O)CC[C@@H]1c1ccc(C)cc1. The number of carbonyl (C=O) groups is 1. The van der Waals surface area contributed by atoms with Crippen LogP contribution in [0.3, 0.4) is 0 Å². The Kier molecular flexibility index (Phi) is 6.55. The minimum Gasteiger partial charge on any atom is -0.466 e. The zero-order valence-electron chi connectivity index (χ0n) is 18.5. The van der Waals surface area contributed by atoms with Gasteiger partial charge < -0.3 is 14.6 Å². The summed E-state index contributed by atoms with van der Waals surface area (Å²) in [5.74, 6) is -0.376. The molecule has 1 N–H and O–H groups in total. The largest absolute Gasteiger partial charge is 0.466 e. The van der Waals surface area contributed by atoms with Gasteiger partial charge in [-0.05, 0) is 50.4 Å². The van der Waals surface area contributed by atoms with E-state index in [-0.39, 0.29) is 29.9 Å². The smallest absolute Gasteiger partial charge is 0.328 e. The van der Waals surface area contributed by atoms with Crippen molar-refractivity contribution in [2.45, 2.75) is 32.7 Å². The van der Waals surface area contributed by atoms with Crippen molar-refractivity contribution in [3.8, 4) is 0 Å². The third-order valence-electron chi connectivity index (χ3n) is 6.32. The molecule has 32 heavy (non-hydrogen) atoms. The van der Waals surface area contributed by atoms with E-state index in [9.17, 15) is 14.4 Å². The van der Waals surface area contributed by atoms with Crippen LogP contribution in [-0.4, -0.2) is 46.7 Å². The molecule has 2 atom stereocenters. The van der Waals surface area contributed by atoms with E-state index in [4.69, 9.17) is 4.74 Å². The van der Waals surface area contributed by atoms with Gasteiger partial charge >= 0.3 is 11.7 Å². The summed E-state index contributed by atoms with van der Waals surface area (Å²) in [6.07, 6.45) is 0.815. The van der Waals surface area contributed by atoms with Crippen LogP contribution in [0.2, 0.25) is 0 Å². The molecule has 7 heteroatoms. The maximum absolute atomic E-state index is 12.8. The number of benzene rings is 2. The van der Waals surface area contributed by atoms with Crippen molar-refractivity contribution in [2.24, 2.45) is 5.92 Å². The van der Waals surface area contributed by atoms with Crippen LogP contribution in [0.1, 0.15) is 30.4 Å². The zero-order chi connectivity index (χ0) is 22.7. The average Bonchev–Trinajstić information content (AvgIpc) is 2.79. The number of nitrogens with zero attached hydrogens (tertiary/aromatic N) is 2. The van der Waals surface area contributed by atoms with Crippen LogP contribution in [0.25, 0.3) is 10.9 Å². The molecule has 1 aromatic heterocycles. The van der Waals surface area contributed by atoms with Gasteiger partial charge in [0.05, 0.1) is 23.4 Å². The summed E-state index contributed by atoms with van der Waals surface area (Å²) in [4.78, 5) is 42.9. The van der Waals surface area contributed by atoms with Crippen LogP contribution >= 0.6 is 0 Å². The number of esters is 1. The zero-order valence-corrected chi connectivity index (χ0v) is 18.5. The summed E-state index contributed by atoms with van der Waals surface area (Å²) in [6.45, 7) is 6.31. The fourth-order valence-corrected chi connectivity index (χ4v) is 4.57. The van der Waals surface area contributed by atoms with Crippen molar-refractivity contribution in [1.82, 2.24) is 14.5 Å². The Labute approximate surface area is 186 Å². The van der Waals surface area contributed by atoms with Gasteiger partial charge in [-0.2, -0.15) is 0 Å². The Morgan fingerprint density at radius 2 is 1.84 bits per heavy atom. The molecule has 1 fully saturated rings. The summed E-state index contributed by atoms with van der Waals surface area (Å²) < 4.78 is 6.62. The topological polar surface area (TPSA) is 84.4 Å². The van der Waals surface area contributed by atoms with Gasteiger partial charge in [-0.25, -0.2) is 4.79 Å². The molecule has 0 spiro atoms. The summed E-state index contributed by atoms with van der Waals surface area (Å²) in [5.41, 5.74) is 2.17. The fraction of sp³-hybridized carbons (Fsp3) is 0.400. The Morgan fingerprint density at radius 3 is 2.59 bits per heavy atom. The molecular weight excluding hydrogens is 406 g/mol. The van der Waals surface area contributed by atoms with Crippen molar-refractivity contribution in [1.29, 1.82) is 0 Å². The van der Waals surface area contributed by atoms with Crippen LogP contribution in [-0.2, 0) is 16.1 Å². The number of piperidine rings is 1. The number of aromatic amines is 1. The minimum absolute atomic E-state index is 0.0951. The number of para-hydroxylation sites is 1. The lowest BCUT2D eigenvalue weighted by Gasteiger charge is -2.37. The van der Waals surface area contributed by atoms with Crippen molar-refractivity contribution in [2.75, 3.05) is 26.2 Å². The molecule has 2 heterocycles. The monoisotopic (exact) mass is 435 g/mol. The lowest BCUT2D eigenvalue weighted by atomic mass is 9.80. The fourth-order valence-electron chi connectivity index (χ4n) is 4.57. The summed E-state index contributed by atoms with van der Waals surface area (Å²) in [5, 5.41) is 0.495. The van der Waals surface area contributed by atoms with E-state index < -0.39 is 5.69 Å². The standard InChI is InChI=1S/C25H29N3O4/c1-3-32-24(30)21-16-27(13-12-19(21)18-10-8-17(2)9-11-18)14-15-28-23(29)20-6-4-5-7-22(20)26-25(28)31/h4-11,19,21H,3,12-16H2,1-2H3,(H,26,31)/t19-,21-/m1/s1. The van der Waals surface area contributed by atoms with Gasteiger partial charge in [0.1, 0.15) is 0 Å². The Morgan fingerprint density at radius 1 is 1.09 bits per heavy atom. The van der Waals surface area contributed by atoms with E-state index in [2.05, 4.69) is 34.1 Å². The van der Waals surface area contributed by atoms with Crippen molar-refractivity contribution in [3.63, 3.8) is 0 Å². The molecular formula is C25H29N3O4. The minimum atomic E-state index is -0.412. The van der Waals surface area contributed by atoms with E-state index in [1.807, 2.05) is 13.8 Å². The summed E-state index contributed by atoms with van der Waals surface area (Å²) in [6, 6.07) is 15.3. The van der Waals surface area contributed by atoms with Gasteiger partial charge in [-0.1, -0.05) is 42.0 Å². The quantitative estimate of drug-likeness (QED) is 0.602. The van der Waals surface area contributed by atoms with Gasteiger partial charge in [0, 0.05) is 19.6 Å². The maximum atomic E-state index is 12.8. The first-order valence-corrected chi connectivity index (χ1v) is 11.2. The van der Waals surface area contributed by atoms with Crippen LogP contribution in [0.4, 0.5) is 0 Å². The van der Waals surface area contributed by atoms with Crippen LogP contribution < -0.4 is 11.2 Å². The number of H-pyrrole nitrogens is 1. The van der Waals surface area contributed by atoms with E-state index in [1.54, 1.807) is 24.3 Å². The lowest BCUT2D eigenvalue weighted by Crippen LogP contribution is -2.46. The van der Waals surface area contributed by atoms with E-state index >= 15 is 0 Å². The molecule has 1 aliphatic heterocycles. The van der Waals surface area contributed by atoms with E-state index in [1.165, 1.54) is 10.1 Å². The first kappa shape index (κ1) is 22.0. The second kappa shape index (κ2) is 9.53. The number of nitrogens with one attached hydrogen (secondary N) is 1. The number of ether oxygens (including phenoxy) is 1. The highest BCUT2D eigenvalue weighted by atomic mass is 16.5. The first-order valence-electron chi connectivity index (χ1n) is 11.2. The molecule has 3 aromatic rings. The normalized spacial score (nSPS) is 19.2. The molecule has 0 aliphatic carbocycles. The summed E-state index contributed by atoms with van der Waals surface area (Å²) >= 11 is 0. The van der Waals surface area contributed by atoms with Crippen molar-refractivity contribution >= 4 is 16.9 Å². The van der Waals surface area contributed by atoms with Gasteiger partial charge in [-0.15, -0.1) is 0 Å². The van der Waals surface area contributed by atoms with Crippen molar-refractivity contribution < 1.29 is 9.53 Å². The molecule has 0 unspecified atom stereocenters. The first-order chi connectivity index (χ1) is 15.5. The second-order valence-electron chi connectivity index (χ2n) is 8.40. The molecule has 4 rings (SSSR count). The molecule has 0 amide bonds. The molecule has 7 nitrogen and oxygen atoms in total. The number of hydrogen-bond donors (Lipinski definition) is 1. The Balaban J connectivity index is 1.52. The second-order valence-corrected chi connectivity index (χ2v) is 8.40. The molecule has 2 aromatic carbocycles. The van der Waals surface area contributed by atoms with Gasteiger partial charge in [0.15, 0.2) is 0 Å². The Hall–Kier alpha value is -3.19. The predicted molar refractivity (Wildman–Crippen MR) is 124 cm³/mol. The lowest BCUT2D eigenvalue weighted by molar-refractivity contribution is -0.150. The van der Waals surface area contributed by atoms with Crippen LogP contribution in [0, 0.1) is 12.8 Å². The molecule has 168 valence electrons. The number of carbonyl (C=O) groups excluding carboxylic acids is 1. The molecule has 0 bridgehead atoms.